The van der Waals surface area contributed by atoms with Crippen LogP contribution in [-0.2, 0) is 0 Å². The van der Waals surface area contributed by atoms with Crippen molar-refractivity contribution in [3.63, 3.8) is 0 Å². The molecule has 0 saturated carbocycles. The van der Waals surface area contributed by atoms with Gasteiger partial charge in [-0.25, -0.2) is 0 Å². The van der Waals surface area contributed by atoms with Crippen LogP contribution in [0, 0.1) is 0 Å². The summed E-state index contributed by atoms with van der Waals surface area (Å²) in [4.78, 5) is 0. The van der Waals surface area contributed by atoms with Crippen LogP contribution < -0.4 is 10.1 Å². The summed E-state index contributed by atoms with van der Waals surface area (Å²) < 4.78 is 5.60. The minimum atomic E-state index is 0.681. The van der Waals surface area contributed by atoms with Crippen LogP contribution in [0.15, 0.2) is 30.8 Å². The molecule has 0 fully saturated rings. The maximum atomic E-state index is 5.60. The van der Waals surface area contributed by atoms with E-state index in [1.165, 1.54) is 25.7 Å². The van der Waals surface area contributed by atoms with Gasteiger partial charge in [0, 0.05) is 12.1 Å². The van der Waals surface area contributed by atoms with E-state index in [1.54, 1.807) is 0 Å². The first-order valence-corrected chi connectivity index (χ1v) is 9.18. The molecule has 0 bridgehead atoms. The van der Waals surface area contributed by atoms with Crippen molar-refractivity contribution in [2.75, 3.05) is 6.61 Å². The lowest BCUT2D eigenvalue weighted by atomic mass is 10.2. The highest BCUT2D eigenvalue weighted by Crippen LogP contribution is 2.14. The molecule has 23 heavy (non-hydrogen) atoms. The van der Waals surface area contributed by atoms with Gasteiger partial charge in [-0.2, -0.15) is 0 Å². The Morgan fingerprint density at radius 3 is 2.26 bits per heavy atom. The van der Waals surface area contributed by atoms with E-state index in [9.17, 15) is 0 Å². The average molecular weight is 320 g/mol. The number of nitrogens with one attached hydrogen (secondary N) is 1. The van der Waals surface area contributed by atoms with Crippen LogP contribution in [-0.4, -0.2) is 18.7 Å². The third-order valence-corrected chi connectivity index (χ3v) is 3.90. The molecule has 1 aromatic carbocycles. The second-order valence-electron chi connectivity index (χ2n) is 6.12. The molecule has 0 aliphatic carbocycles. The van der Waals surface area contributed by atoms with Gasteiger partial charge < -0.3 is 10.1 Å². The molecule has 0 amide bonds. The fraction of sp³-hybridized carbons (Fsp3) is 0.619. The third kappa shape index (κ3) is 11.9. The van der Waals surface area contributed by atoms with Crippen molar-refractivity contribution in [1.29, 1.82) is 0 Å². The highest BCUT2D eigenvalue weighted by atomic mass is 16.5. The fourth-order valence-electron chi connectivity index (χ4n) is 1.99. The van der Waals surface area contributed by atoms with Crippen LogP contribution in [0.25, 0.3) is 6.08 Å². The van der Waals surface area contributed by atoms with Gasteiger partial charge in [0.1, 0.15) is 5.75 Å². The number of ether oxygens (including phenoxy) is 1. The Bertz CT molecular complexity index is 395. The first kappa shape index (κ1) is 21.7. The van der Waals surface area contributed by atoms with E-state index in [-0.39, 0.29) is 0 Å². The van der Waals surface area contributed by atoms with Crippen molar-refractivity contribution >= 4 is 6.08 Å². The first-order chi connectivity index (χ1) is 11.1. The zero-order chi connectivity index (χ0) is 17.5. The molecule has 0 aliphatic rings. The van der Waals surface area contributed by atoms with E-state index in [0.29, 0.717) is 12.1 Å². The summed E-state index contributed by atoms with van der Waals surface area (Å²) in [5.74, 6) is 0.943. The van der Waals surface area contributed by atoms with Crippen molar-refractivity contribution < 1.29 is 4.74 Å². The number of benzene rings is 1. The zero-order valence-electron chi connectivity index (χ0n) is 15.9. The monoisotopic (exact) mass is 319 g/mol. The van der Waals surface area contributed by atoms with E-state index < -0.39 is 0 Å². The number of hydrogen-bond donors (Lipinski definition) is 1. The Kier molecular flexibility index (Phi) is 13.5. The van der Waals surface area contributed by atoms with Gasteiger partial charge in [-0.1, -0.05) is 58.4 Å². The standard InChI is InChI=1S/C13H18O.C8H19N/c1-3-5-6-10-14-13-9-7-8-12(4-2)11-13;1-5-7(3)9-8(4)6-2/h4,7-9,11H,2-3,5-6,10H2,1H3;7-9H,5-6H2,1-4H3. The predicted molar refractivity (Wildman–Crippen MR) is 104 cm³/mol. The Labute approximate surface area is 144 Å². The molecule has 0 spiro atoms. The lowest BCUT2D eigenvalue weighted by molar-refractivity contribution is 0.306. The third-order valence-electron chi connectivity index (χ3n) is 3.90. The average Bonchev–Trinajstić information content (AvgIpc) is 2.59. The van der Waals surface area contributed by atoms with Crippen molar-refractivity contribution in [3.05, 3.63) is 36.4 Å². The molecule has 2 unspecified atom stereocenters. The molecule has 1 N–H and O–H groups in total. The van der Waals surface area contributed by atoms with Crippen LogP contribution >= 0.6 is 0 Å². The Hall–Kier alpha value is -1.28. The molecule has 132 valence electrons. The molecule has 2 nitrogen and oxygen atoms in total. The normalized spacial score (nSPS) is 12.7. The van der Waals surface area contributed by atoms with E-state index in [0.717, 1.165) is 24.3 Å². The van der Waals surface area contributed by atoms with Gasteiger partial charge in [-0.15, -0.1) is 0 Å². The van der Waals surface area contributed by atoms with E-state index in [2.05, 4.69) is 46.5 Å². The van der Waals surface area contributed by atoms with Crippen LogP contribution in [0.1, 0.15) is 72.3 Å². The second kappa shape index (κ2) is 14.3. The molecular weight excluding hydrogens is 282 g/mol. The zero-order valence-corrected chi connectivity index (χ0v) is 15.9. The summed E-state index contributed by atoms with van der Waals surface area (Å²) in [7, 11) is 0. The molecule has 0 heterocycles. The molecule has 0 aliphatic heterocycles. The molecule has 1 aromatic rings. The molecule has 0 radical (unpaired) electrons. The van der Waals surface area contributed by atoms with Crippen molar-refractivity contribution in [2.24, 2.45) is 0 Å². The van der Waals surface area contributed by atoms with Gasteiger partial charge in [0.15, 0.2) is 0 Å². The minimum Gasteiger partial charge on any atom is -0.494 e. The highest BCUT2D eigenvalue weighted by molar-refractivity contribution is 5.49. The van der Waals surface area contributed by atoms with E-state index in [4.69, 9.17) is 4.74 Å². The maximum Gasteiger partial charge on any atom is 0.119 e. The van der Waals surface area contributed by atoms with Crippen molar-refractivity contribution in [2.45, 2.75) is 78.8 Å². The summed E-state index contributed by atoms with van der Waals surface area (Å²) >= 11 is 0. The quantitative estimate of drug-likeness (QED) is 0.528. The predicted octanol–water partition coefficient (Wildman–Crippen LogP) is 6.07. The number of rotatable bonds is 10. The van der Waals surface area contributed by atoms with Gasteiger partial charge in [0.2, 0.25) is 0 Å². The van der Waals surface area contributed by atoms with Gasteiger partial charge in [-0.05, 0) is 50.8 Å². The van der Waals surface area contributed by atoms with Gasteiger partial charge in [0.25, 0.3) is 0 Å². The molecule has 2 heteroatoms. The SMILES string of the molecule is C=Cc1cccc(OCCCCC)c1.CCC(C)NC(C)CC. The van der Waals surface area contributed by atoms with Gasteiger partial charge >= 0.3 is 0 Å². The topological polar surface area (TPSA) is 21.3 Å². The fourth-order valence-corrected chi connectivity index (χ4v) is 1.99. The maximum absolute atomic E-state index is 5.60. The lowest BCUT2D eigenvalue weighted by Crippen LogP contribution is -2.33. The summed E-state index contributed by atoms with van der Waals surface area (Å²) in [6.45, 7) is 15.6. The van der Waals surface area contributed by atoms with E-state index in [1.807, 2.05) is 30.3 Å². The largest absolute Gasteiger partial charge is 0.494 e. The lowest BCUT2D eigenvalue weighted by Gasteiger charge is -2.16. The molecule has 0 saturated heterocycles. The summed E-state index contributed by atoms with van der Waals surface area (Å²) in [6, 6.07) is 9.37. The highest BCUT2D eigenvalue weighted by Gasteiger charge is 2.01. The Balaban J connectivity index is 0.000000468. The second-order valence-corrected chi connectivity index (χ2v) is 6.12. The summed E-state index contributed by atoms with van der Waals surface area (Å²) in [5.41, 5.74) is 1.11. The van der Waals surface area contributed by atoms with Crippen LogP contribution in [0.2, 0.25) is 0 Å². The van der Waals surface area contributed by atoms with Crippen molar-refractivity contribution in [3.8, 4) is 5.75 Å². The number of hydrogen-bond acceptors (Lipinski definition) is 2. The molecular formula is C21H37NO. The van der Waals surface area contributed by atoms with E-state index >= 15 is 0 Å². The summed E-state index contributed by atoms with van der Waals surface area (Å²) in [5, 5.41) is 3.48. The van der Waals surface area contributed by atoms with Crippen LogP contribution in [0.4, 0.5) is 0 Å². The molecule has 0 aromatic heterocycles. The Morgan fingerprint density at radius 1 is 1.09 bits per heavy atom. The summed E-state index contributed by atoms with van der Waals surface area (Å²) in [6.07, 6.45) is 7.89. The van der Waals surface area contributed by atoms with Crippen molar-refractivity contribution in [1.82, 2.24) is 5.32 Å². The molecule has 2 atom stereocenters. The van der Waals surface area contributed by atoms with Gasteiger partial charge in [0.05, 0.1) is 6.61 Å². The number of unbranched alkanes of at least 4 members (excludes halogenated alkanes) is 2. The van der Waals surface area contributed by atoms with Crippen LogP contribution in [0.5, 0.6) is 5.75 Å². The first-order valence-electron chi connectivity index (χ1n) is 9.18. The Morgan fingerprint density at radius 2 is 1.74 bits per heavy atom. The smallest absolute Gasteiger partial charge is 0.119 e. The molecule has 1 rings (SSSR count). The minimum absolute atomic E-state index is 0.681. The van der Waals surface area contributed by atoms with Crippen LogP contribution in [0.3, 0.4) is 0 Å². The van der Waals surface area contributed by atoms with Gasteiger partial charge in [-0.3, -0.25) is 0 Å².